The van der Waals surface area contributed by atoms with Crippen LogP contribution >= 0.6 is 11.6 Å². The lowest BCUT2D eigenvalue weighted by Gasteiger charge is -2.06. The molecule has 3 nitrogen and oxygen atoms in total. The summed E-state index contributed by atoms with van der Waals surface area (Å²) in [5.41, 5.74) is 3.11. The second-order valence-electron chi connectivity index (χ2n) is 6.62. The first-order valence-corrected chi connectivity index (χ1v) is 9.75. The van der Waals surface area contributed by atoms with Crippen molar-refractivity contribution in [1.29, 1.82) is 0 Å². The molecule has 3 rings (SSSR count). The van der Waals surface area contributed by atoms with Gasteiger partial charge in [-0.3, -0.25) is 4.79 Å². The first-order chi connectivity index (χ1) is 13.1. The van der Waals surface area contributed by atoms with Crippen molar-refractivity contribution in [3.8, 4) is 11.3 Å². The molecule has 3 aromatic rings. The lowest BCUT2D eigenvalue weighted by molar-refractivity contribution is -0.116. The zero-order valence-electron chi connectivity index (χ0n) is 15.5. The van der Waals surface area contributed by atoms with Crippen LogP contribution in [-0.4, -0.2) is 5.91 Å². The van der Waals surface area contributed by atoms with Crippen molar-refractivity contribution >= 4 is 23.2 Å². The summed E-state index contributed by atoms with van der Waals surface area (Å²) in [5.74, 6) is 1.57. The minimum absolute atomic E-state index is 0.0132. The van der Waals surface area contributed by atoms with Crippen LogP contribution in [0.25, 0.3) is 11.3 Å². The highest BCUT2D eigenvalue weighted by Crippen LogP contribution is 2.24. The molecule has 1 aromatic heterocycles. The van der Waals surface area contributed by atoms with Crippen molar-refractivity contribution in [3.05, 3.63) is 77.0 Å². The van der Waals surface area contributed by atoms with Gasteiger partial charge in [-0.2, -0.15) is 0 Å². The van der Waals surface area contributed by atoms with Crippen molar-refractivity contribution in [2.45, 2.75) is 39.0 Å². The van der Waals surface area contributed by atoms with Gasteiger partial charge in [-0.05, 0) is 66.9 Å². The summed E-state index contributed by atoms with van der Waals surface area (Å²) in [4.78, 5) is 12.2. The number of benzene rings is 2. The lowest BCUT2D eigenvalue weighted by atomic mass is 10.1. The van der Waals surface area contributed by atoms with E-state index >= 15 is 0 Å². The summed E-state index contributed by atoms with van der Waals surface area (Å²) in [6.07, 6.45) is 4.40. The molecule has 0 aliphatic heterocycles. The summed E-state index contributed by atoms with van der Waals surface area (Å²) < 4.78 is 5.84. The SMILES string of the molecule is CCCCc1ccc(NC(=O)CCc2ccc(-c3ccc(Cl)cc3)o2)cc1. The first-order valence-electron chi connectivity index (χ1n) is 9.37. The Kier molecular flexibility index (Phi) is 6.72. The molecule has 0 aliphatic rings. The molecule has 1 heterocycles. The molecule has 0 radical (unpaired) electrons. The Hall–Kier alpha value is -2.52. The van der Waals surface area contributed by atoms with Gasteiger partial charge in [0.2, 0.25) is 5.91 Å². The second-order valence-corrected chi connectivity index (χ2v) is 7.06. The van der Waals surface area contributed by atoms with Gasteiger partial charge in [0, 0.05) is 29.1 Å². The molecule has 0 bridgehead atoms. The summed E-state index contributed by atoms with van der Waals surface area (Å²) in [6.45, 7) is 2.19. The highest BCUT2D eigenvalue weighted by Gasteiger charge is 2.08. The Morgan fingerprint density at radius 1 is 0.963 bits per heavy atom. The van der Waals surface area contributed by atoms with Crippen LogP contribution in [0.4, 0.5) is 5.69 Å². The number of hydrogen-bond donors (Lipinski definition) is 1. The number of rotatable bonds is 8. The maximum absolute atomic E-state index is 12.2. The molecule has 0 atom stereocenters. The van der Waals surface area contributed by atoms with E-state index in [1.165, 1.54) is 18.4 Å². The topological polar surface area (TPSA) is 42.2 Å². The van der Waals surface area contributed by atoms with Crippen LogP contribution in [0.5, 0.6) is 0 Å². The number of anilines is 1. The summed E-state index contributed by atoms with van der Waals surface area (Å²) >= 11 is 5.91. The molecule has 27 heavy (non-hydrogen) atoms. The number of aryl methyl sites for hydroxylation is 2. The van der Waals surface area contributed by atoms with Gasteiger partial charge in [-0.15, -0.1) is 0 Å². The Morgan fingerprint density at radius 2 is 1.70 bits per heavy atom. The lowest BCUT2D eigenvalue weighted by Crippen LogP contribution is -2.12. The Labute approximate surface area is 165 Å². The zero-order chi connectivity index (χ0) is 19.1. The Balaban J connectivity index is 1.50. The van der Waals surface area contributed by atoms with E-state index in [0.717, 1.165) is 29.2 Å². The molecule has 0 aliphatic carbocycles. The van der Waals surface area contributed by atoms with E-state index in [9.17, 15) is 4.79 Å². The molecule has 1 amide bonds. The quantitative estimate of drug-likeness (QED) is 0.483. The Bertz CT molecular complexity index is 866. The standard InChI is InChI=1S/C23H24ClNO2/c1-2-3-4-17-5-11-20(12-6-17)25-23(26)16-14-21-13-15-22(27-21)18-7-9-19(24)10-8-18/h5-13,15H,2-4,14,16H2,1H3,(H,25,26). The fourth-order valence-electron chi connectivity index (χ4n) is 2.88. The summed E-state index contributed by atoms with van der Waals surface area (Å²) in [7, 11) is 0. The van der Waals surface area contributed by atoms with Crippen LogP contribution in [-0.2, 0) is 17.6 Å². The van der Waals surface area contributed by atoms with Crippen LogP contribution in [0.15, 0.2) is 65.1 Å². The van der Waals surface area contributed by atoms with Crippen LogP contribution in [0, 0.1) is 0 Å². The third-order valence-electron chi connectivity index (χ3n) is 4.45. The van der Waals surface area contributed by atoms with Gasteiger partial charge >= 0.3 is 0 Å². The number of amides is 1. The number of halogens is 1. The minimum Gasteiger partial charge on any atom is -0.461 e. The van der Waals surface area contributed by atoms with E-state index in [4.69, 9.17) is 16.0 Å². The van der Waals surface area contributed by atoms with Crippen molar-refractivity contribution in [2.75, 3.05) is 5.32 Å². The van der Waals surface area contributed by atoms with Crippen molar-refractivity contribution in [3.63, 3.8) is 0 Å². The average molecular weight is 382 g/mol. The van der Waals surface area contributed by atoms with Gasteiger partial charge < -0.3 is 9.73 Å². The zero-order valence-corrected chi connectivity index (χ0v) is 16.3. The highest BCUT2D eigenvalue weighted by molar-refractivity contribution is 6.30. The second kappa shape index (κ2) is 9.43. The molecular weight excluding hydrogens is 358 g/mol. The molecule has 1 N–H and O–H groups in total. The molecule has 4 heteroatoms. The monoisotopic (exact) mass is 381 g/mol. The maximum atomic E-state index is 12.2. The molecule has 0 saturated carbocycles. The molecule has 0 spiro atoms. The predicted octanol–water partition coefficient (Wildman–Crippen LogP) is 6.51. The fraction of sp³-hybridized carbons (Fsp3) is 0.261. The van der Waals surface area contributed by atoms with Gasteiger partial charge in [0.1, 0.15) is 11.5 Å². The fourth-order valence-corrected chi connectivity index (χ4v) is 3.00. The van der Waals surface area contributed by atoms with E-state index < -0.39 is 0 Å². The van der Waals surface area contributed by atoms with Gasteiger partial charge in [0.05, 0.1) is 0 Å². The molecule has 0 fully saturated rings. The van der Waals surface area contributed by atoms with Gasteiger partial charge in [-0.1, -0.05) is 37.1 Å². The van der Waals surface area contributed by atoms with Gasteiger partial charge in [0.25, 0.3) is 0 Å². The van der Waals surface area contributed by atoms with E-state index in [2.05, 4.69) is 24.4 Å². The van der Waals surface area contributed by atoms with Crippen LogP contribution in [0.2, 0.25) is 5.02 Å². The van der Waals surface area contributed by atoms with Crippen LogP contribution in [0.3, 0.4) is 0 Å². The maximum Gasteiger partial charge on any atom is 0.224 e. The highest BCUT2D eigenvalue weighted by atomic mass is 35.5. The molecule has 0 saturated heterocycles. The normalized spacial score (nSPS) is 10.7. The van der Waals surface area contributed by atoms with E-state index in [1.54, 1.807) is 0 Å². The van der Waals surface area contributed by atoms with Crippen molar-refractivity contribution in [1.82, 2.24) is 0 Å². The minimum atomic E-state index is -0.0132. The van der Waals surface area contributed by atoms with E-state index in [-0.39, 0.29) is 5.91 Å². The first kappa shape index (κ1) is 19.2. The van der Waals surface area contributed by atoms with Gasteiger partial charge in [0.15, 0.2) is 0 Å². The largest absolute Gasteiger partial charge is 0.461 e. The number of nitrogens with one attached hydrogen (secondary N) is 1. The number of hydrogen-bond acceptors (Lipinski definition) is 2. The Morgan fingerprint density at radius 3 is 2.41 bits per heavy atom. The number of carbonyl (C=O) groups excluding carboxylic acids is 1. The van der Waals surface area contributed by atoms with E-state index in [0.29, 0.717) is 17.9 Å². The predicted molar refractivity (Wildman–Crippen MR) is 111 cm³/mol. The van der Waals surface area contributed by atoms with Crippen molar-refractivity contribution in [2.24, 2.45) is 0 Å². The van der Waals surface area contributed by atoms with Crippen molar-refractivity contribution < 1.29 is 9.21 Å². The third kappa shape index (κ3) is 5.73. The van der Waals surface area contributed by atoms with Gasteiger partial charge in [-0.25, -0.2) is 0 Å². The molecule has 140 valence electrons. The number of furan rings is 1. The molecule has 2 aromatic carbocycles. The third-order valence-corrected chi connectivity index (χ3v) is 4.70. The molecular formula is C23H24ClNO2. The number of carbonyl (C=O) groups is 1. The molecule has 0 unspecified atom stereocenters. The number of unbranched alkanes of at least 4 members (excludes halogenated alkanes) is 1. The van der Waals surface area contributed by atoms with E-state index in [1.807, 2.05) is 48.5 Å². The summed E-state index contributed by atoms with van der Waals surface area (Å²) in [5, 5.41) is 3.64. The summed E-state index contributed by atoms with van der Waals surface area (Å²) in [6, 6.07) is 19.4. The van der Waals surface area contributed by atoms with Crippen LogP contribution < -0.4 is 5.32 Å². The van der Waals surface area contributed by atoms with Crippen LogP contribution in [0.1, 0.15) is 37.5 Å². The smallest absolute Gasteiger partial charge is 0.224 e. The average Bonchev–Trinajstić information content (AvgIpc) is 3.15.